The van der Waals surface area contributed by atoms with Crippen LogP contribution in [-0.2, 0) is 6.42 Å². The van der Waals surface area contributed by atoms with Crippen LogP contribution in [0.3, 0.4) is 0 Å². The molecule has 23 heavy (non-hydrogen) atoms. The van der Waals surface area contributed by atoms with E-state index in [9.17, 15) is 0 Å². The van der Waals surface area contributed by atoms with E-state index < -0.39 is 0 Å². The summed E-state index contributed by atoms with van der Waals surface area (Å²) in [5.74, 6) is 2.70. The minimum Gasteiger partial charge on any atom is -0.496 e. The van der Waals surface area contributed by atoms with Gasteiger partial charge in [-0.1, -0.05) is 31.0 Å². The molecule has 0 aliphatic heterocycles. The molecular weight excluding hydrogens is 401 g/mol. The molecule has 0 amide bonds. The summed E-state index contributed by atoms with van der Waals surface area (Å²) in [6.07, 6.45) is 4.78. The largest absolute Gasteiger partial charge is 0.496 e. The summed E-state index contributed by atoms with van der Waals surface area (Å²) < 4.78 is 5.43. The van der Waals surface area contributed by atoms with Crippen LogP contribution in [0.1, 0.15) is 37.3 Å². The number of rotatable bonds is 7. The third-order valence-corrected chi connectivity index (χ3v) is 4.25. The smallest absolute Gasteiger partial charge is 0.191 e. The van der Waals surface area contributed by atoms with E-state index in [4.69, 9.17) is 4.74 Å². The zero-order chi connectivity index (χ0) is 15.9. The van der Waals surface area contributed by atoms with Gasteiger partial charge in [0.25, 0.3) is 0 Å². The molecule has 2 unspecified atom stereocenters. The van der Waals surface area contributed by atoms with Crippen molar-refractivity contribution in [2.45, 2.75) is 45.6 Å². The van der Waals surface area contributed by atoms with Crippen molar-refractivity contribution in [3.8, 4) is 5.75 Å². The monoisotopic (exact) mass is 431 g/mol. The molecule has 4 nitrogen and oxygen atoms in total. The quantitative estimate of drug-likeness (QED) is 0.395. The van der Waals surface area contributed by atoms with Crippen molar-refractivity contribution in [1.82, 2.24) is 10.6 Å². The third kappa shape index (κ3) is 6.20. The number of guanidine groups is 1. The molecule has 0 bridgehead atoms. The first-order chi connectivity index (χ1) is 10.7. The molecule has 0 heterocycles. The van der Waals surface area contributed by atoms with Crippen molar-refractivity contribution in [2.75, 3.05) is 20.7 Å². The van der Waals surface area contributed by atoms with Gasteiger partial charge in [0.05, 0.1) is 7.11 Å². The van der Waals surface area contributed by atoms with Crippen LogP contribution in [0.2, 0.25) is 0 Å². The van der Waals surface area contributed by atoms with Gasteiger partial charge in [-0.25, -0.2) is 0 Å². The van der Waals surface area contributed by atoms with E-state index in [-0.39, 0.29) is 24.0 Å². The van der Waals surface area contributed by atoms with Gasteiger partial charge in [-0.15, -0.1) is 24.0 Å². The van der Waals surface area contributed by atoms with Crippen LogP contribution in [0.15, 0.2) is 23.2 Å². The fourth-order valence-corrected chi connectivity index (χ4v) is 2.90. The van der Waals surface area contributed by atoms with Gasteiger partial charge in [-0.2, -0.15) is 0 Å². The van der Waals surface area contributed by atoms with Crippen LogP contribution in [0.25, 0.3) is 0 Å². The SMILES string of the molecule is CCCC1CC1NC(=NC)NCCc1cc(C)ccc1OC.I. The average Bonchev–Trinajstić information content (AvgIpc) is 3.24. The Hall–Kier alpha value is -0.980. The van der Waals surface area contributed by atoms with Gasteiger partial charge in [0.2, 0.25) is 0 Å². The fraction of sp³-hybridized carbons (Fsp3) is 0.611. The standard InChI is InChI=1S/C18H29N3O.HI/c1-5-6-14-12-16(14)21-18(19-3)20-10-9-15-11-13(2)7-8-17(15)22-4;/h7-8,11,14,16H,5-6,9-10,12H2,1-4H3,(H2,19,20,21);1H. The van der Waals surface area contributed by atoms with Gasteiger partial charge in [0, 0.05) is 19.6 Å². The van der Waals surface area contributed by atoms with Crippen LogP contribution in [0.4, 0.5) is 0 Å². The van der Waals surface area contributed by atoms with Gasteiger partial charge in [-0.05, 0) is 43.7 Å². The molecule has 0 spiro atoms. The van der Waals surface area contributed by atoms with Crippen LogP contribution < -0.4 is 15.4 Å². The zero-order valence-electron chi connectivity index (χ0n) is 14.7. The number of benzene rings is 1. The van der Waals surface area contributed by atoms with Crippen molar-refractivity contribution >= 4 is 29.9 Å². The van der Waals surface area contributed by atoms with Crippen LogP contribution in [0.5, 0.6) is 5.75 Å². The Morgan fingerprint density at radius 3 is 2.83 bits per heavy atom. The normalized spacial score (nSPS) is 19.7. The van der Waals surface area contributed by atoms with Crippen molar-refractivity contribution < 1.29 is 4.74 Å². The highest BCUT2D eigenvalue weighted by molar-refractivity contribution is 14.0. The number of aliphatic imine (C=N–C) groups is 1. The molecular formula is C18H30IN3O. The van der Waals surface area contributed by atoms with Crippen molar-refractivity contribution in [3.05, 3.63) is 29.3 Å². The molecule has 2 N–H and O–H groups in total. The molecule has 0 aromatic heterocycles. The Bertz CT molecular complexity index is 519. The number of aryl methyl sites for hydroxylation is 1. The van der Waals surface area contributed by atoms with E-state index in [1.54, 1.807) is 7.11 Å². The first kappa shape index (κ1) is 20.1. The van der Waals surface area contributed by atoms with Crippen molar-refractivity contribution in [1.29, 1.82) is 0 Å². The summed E-state index contributed by atoms with van der Waals surface area (Å²) in [5.41, 5.74) is 2.50. The summed E-state index contributed by atoms with van der Waals surface area (Å²) in [4.78, 5) is 4.32. The minimum absolute atomic E-state index is 0. The number of nitrogens with zero attached hydrogens (tertiary/aromatic N) is 1. The highest BCUT2D eigenvalue weighted by Gasteiger charge is 2.36. The number of hydrogen-bond donors (Lipinski definition) is 2. The molecule has 1 aromatic rings. The number of methoxy groups -OCH3 is 1. The lowest BCUT2D eigenvalue weighted by Crippen LogP contribution is -2.40. The average molecular weight is 431 g/mol. The van der Waals surface area contributed by atoms with Gasteiger partial charge < -0.3 is 15.4 Å². The first-order valence-electron chi connectivity index (χ1n) is 8.28. The van der Waals surface area contributed by atoms with E-state index in [1.807, 2.05) is 13.1 Å². The maximum absolute atomic E-state index is 5.43. The predicted molar refractivity (Wildman–Crippen MR) is 108 cm³/mol. The first-order valence-corrected chi connectivity index (χ1v) is 8.28. The third-order valence-electron chi connectivity index (χ3n) is 4.25. The molecule has 130 valence electrons. The highest BCUT2D eigenvalue weighted by Crippen LogP contribution is 2.34. The van der Waals surface area contributed by atoms with Crippen molar-refractivity contribution in [3.63, 3.8) is 0 Å². The lowest BCUT2D eigenvalue weighted by molar-refractivity contribution is 0.409. The number of ether oxygens (including phenoxy) is 1. The van der Waals surface area contributed by atoms with Gasteiger partial charge >= 0.3 is 0 Å². The van der Waals surface area contributed by atoms with E-state index in [2.05, 4.69) is 41.6 Å². The second-order valence-electron chi connectivity index (χ2n) is 6.10. The number of hydrogen-bond acceptors (Lipinski definition) is 2. The van der Waals surface area contributed by atoms with Gasteiger partial charge in [0.1, 0.15) is 5.75 Å². The lowest BCUT2D eigenvalue weighted by Gasteiger charge is -2.13. The molecule has 1 aliphatic carbocycles. The Kier molecular flexibility index (Phi) is 8.73. The molecule has 2 rings (SSSR count). The Morgan fingerprint density at radius 1 is 1.39 bits per heavy atom. The maximum Gasteiger partial charge on any atom is 0.191 e. The predicted octanol–water partition coefficient (Wildman–Crippen LogP) is 3.52. The summed E-state index contributed by atoms with van der Waals surface area (Å²) in [7, 11) is 3.56. The topological polar surface area (TPSA) is 45.7 Å². The summed E-state index contributed by atoms with van der Waals surface area (Å²) in [6, 6.07) is 6.92. The lowest BCUT2D eigenvalue weighted by atomic mass is 10.1. The van der Waals surface area contributed by atoms with E-state index in [0.29, 0.717) is 6.04 Å². The number of halogens is 1. The molecule has 1 aromatic carbocycles. The summed E-state index contributed by atoms with van der Waals surface area (Å²) in [6.45, 7) is 5.21. The van der Waals surface area contributed by atoms with Crippen molar-refractivity contribution in [2.24, 2.45) is 10.9 Å². The second kappa shape index (κ2) is 10.0. The molecule has 1 saturated carbocycles. The van der Waals surface area contributed by atoms with Gasteiger partial charge in [-0.3, -0.25) is 4.99 Å². The van der Waals surface area contributed by atoms with Crippen LogP contribution >= 0.6 is 24.0 Å². The summed E-state index contributed by atoms with van der Waals surface area (Å²) >= 11 is 0. The Morgan fingerprint density at radius 2 is 2.17 bits per heavy atom. The fourth-order valence-electron chi connectivity index (χ4n) is 2.90. The molecule has 0 saturated heterocycles. The zero-order valence-corrected chi connectivity index (χ0v) is 17.0. The Labute approximate surface area is 157 Å². The van der Waals surface area contributed by atoms with E-state index in [0.717, 1.165) is 30.6 Å². The molecule has 0 radical (unpaired) electrons. The van der Waals surface area contributed by atoms with Gasteiger partial charge in [0.15, 0.2) is 5.96 Å². The molecule has 1 aliphatic rings. The second-order valence-corrected chi connectivity index (χ2v) is 6.10. The molecule has 5 heteroatoms. The molecule has 2 atom stereocenters. The van der Waals surface area contributed by atoms with Crippen LogP contribution in [-0.4, -0.2) is 32.7 Å². The minimum atomic E-state index is 0. The Balaban J connectivity index is 0.00000264. The van der Waals surface area contributed by atoms with Crippen LogP contribution in [0, 0.1) is 12.8 Å². The highest BCUT2D eigenvalue weighted by atomic mass is 127. The van der Waals surface area contributed by atoms with E-state index >= 15 is 0 Å². The number of nitrogens with one attached hydrogen (secondary N) is 2. The maximum atomic E-state index is 5.43. The van der Waals surface area contributed by atoms with E-state index in [1.165, 1.54) is 30.4 Å². The summed E-state index contributed by atoms with van der Waals surface area (Å²) in [5, 5.41) is 6.92. The molecule has 1 fully saturated rings.